The Morgan fingerprint density at radius 1 is 1.43 bits per heavy atom. The summed E-state index contributed by atoms with van der Waals surface area (Å²) in [6, 6.07) is 0.316. The number of hydrogen-bond donors (Lipinski definition) is 0. The van der Waals surface area contributed by atoms with Crippen LogP contribution in [0.5, 0.6) is 0 Å². The molecule has 1 heterocycles. The van der Waals surface area contributed by atoms with Crippen LogP contribution in [0.4, 0.5) is 0 Å². The van der Waals surface area contributed by atoms with Gasteiger partial charge in [0.1, 0.15) is 5.54 Å². The van der Waals surface area contributed by atoms with E-state index in [0.29, 0.717) is 11.2 Å². The van der Waals surface area contributed by atoms with E-state index < -0.39 is 0 Å². The van der Waals surface area contributed by atoms with Crippen molar-refractivity contribution in [1.82, 2.24) is 9.80 Å². The Hall–Kier alpha value is -0.640. The number of nitrogens with zero attached hydrogens (tertiary/aromatic N) is 2. The second-order valence-electron chi connectivity index (χ2n) is 4.50. The van der Waals surface area contributed by atoms with Crippen LogP contribution in [-0.2, 0) is 4.79 Å². The minimum absolute atomic E-state index is 0.197. The second-order valence-corrected chi connectivity index (χ2v) is 4.86. The normalized spacial score (nSPS) is 25.1. The molecule has 0 bridgehead atoms. The molecule has 0 N–H and O–H groups in total. The third-order valence-corrected chi connectivity index (χ3v) is 3.82. The molecule has 1 aliphatic carbocycles. The van der Waals surface area contributed by atoms with Gasteiger partial charge in [0.25, 0.3) is 5.91 Å². The Labute approximate surface area is 90.1 Å². The van der Waals surface area contributed by atoms with Crippen molar-refractivity contribution < 1.29 is 4.79 Å². The van der Waals surface area contributed by atoms with Crippen LogP contribution in [0.1, 0.15) is 33.1 Å². The van der Waals surface area contributed by atoms with Crippen molar-refractivity contribution in [3.8, 4) is 0 Å². The maximum Gasteiger partial charge on any atom is 0.254 e. The number of likely N-dealkylation sites (N-methyl/N-ethyl adjacent to an activating group) is 1. The Bertz CT molecular complexity index is 296. The zero-order valence-corrected chi connectivity index (χ0v) is 9.73. The highest BCUT2D eigenvalue weighted by atomic mass is 32.1. The van der Waals surface area contributed by atoms with E-state index in [1.54, 1.807) is 11.9 Å². The monoisotopic (exact) mass is 212 g/mol. The molecule has 0 aromatic rings. The lowest BCUT2D eigenvalue weighted by molar-refractivity contribution is -0.137. The lowest BCUT2D eigenvalue weighted by Gasteiger charge is -2.45. The van der Waals surface area contributed by atoms with Crippen molar-refractivity contribution >= 4 is 23.2 Å². The van der Waals surface area contributed by atoms with Crippen LogP contribution in [0.25, 0.3) is 0 Å². The van der Waals surface area contributed by atoms with Gasteiger partial charge in [0, 0.05) is 13.1 Å². The zero-order valence-electron chi connectivity index (χ0n) is 8.91. The molecule has 0 radical (unpaired) electrons. The number of carbonyl (C=O) groups excluding carboxylic acids is 1. The number of rotatable bonds is 1. The SMILES string of the molecule is CC(C)N1C(=S)N(C)C(=O)C12CCC2. The Balaban J connectivity index is 2.38. The number of amides is 1. The van der Waals surface area contributed by atoms with E-state index in [1.165, 1.54) is 0 Å². The van der Waals surface area contributed by atoms with Crippen LogP contribution in [-0.4, -0.2) is 39.4 Å². The number of hydrogen-bond acceptors (Lipinski definition) is 2. The van der Waals surface area contributed by atoms with Crippen molar-refractivity contribution in [3.05, 3.63) is 0 Å². The summed E-state index contributed by atoms with van der Waals surface area (Å²) in [5.74, 6) is 0.197. The van der Waals surface area contributed by atoms with Gasteiger partial charge in [-0.2, -0.15) is 0 Å². The van der Waals surface area contributed by atoms with Crippen LogP contribution in [0.2, 0.25) is 0 Å². The van der Waals surface area contributed by atoms with Gasteiger partial charge in [0.05, 0.1) is 0 Å². The van der Waals surface area contributed by atoms with Crippen LogP contribution in [0.3, 0.4) is 0 Å². The maximum absolute atomic E-state index is 12.0. The topological polar surface area (TPSA) is 23.6 Å². The van der Waals surface area contributed by atoms with Gasteiger partial charge >= 0.3 is 0 Å². The molecule has 14 heavy (non-hydrogen) atoms. The lowest BCUT2D eigenvalue weighted by Crippen LogP contribution is -2.57. The van der Waals surface area contributed by atoms with Gasteiger partial charge in [-0.15, -0.1) is 0 Å². The van der Waals surface area contributed by atoms with E-state index in [2.05, 4.69) is 18.7 Å². The van der Waals surface area contributed by atoms with E-state index >= 15 is 0 Å². The molecule has 0 aromatic carbocycles. The van der Waals surface area contributed by atoms with E-state index in [4.69, 9.17) is 12.2 Å². The molecule has 4 heteroatoms. The molecule has 78 valence electrons. The molecule has 0 atom stereocenters. The van der Waals surface area contributed by atoms with Crippen LogP contribution >= 0.6 is 12.2 Å². The van der Waals surface area contributed by atoms with Gasteiger partial charge in [0.2, 0.25) is 0 Å². The van der Waals surface area contributed by atoms with Gasteiger partial charge in [-0.1, -0.05) is 0 Å². The van der Waals surface area contributed by atoms with Gasteiger partial charge in [-0.3, -0.25) is 9.69 Å². The fraction of sp³-hybridized carbons (Fsp3) is 0.800. The van der Waals surface area contributed by atoms with E-state index in [-0.39, 0.29) is 11.4 Å². The maximum atomic E-state index is 12.0. The summed E-state index contributed by atoms with van der Waals surface area (Å²) < 4.78 is 0. The van der Waals surface area contributed by atoms with Crippen LogP contribution < -0.4 is 0 Å². The third-order valence-electron chi connectivity index (χ3n) is 3.35. The minimum atomic E-state index is -0.264. The molecule has 3 nitrogen and oxygen atoms in total. The number of thiocarbonyl (C=S) groups is 1. The molecule has 2 fully saturated rings. The molecular formula is C10H16N2OS. The molecular weight excluding hydrogens is 196 g/mol. The summed E-state index contributed by atoms with van der Waals surface area (Å²) in [5.41, 5.74) is -0.264. The van der Waals surface area contributed by atoms with Gasteiger partial charge < -0.3 is 4.90 Å². The summed E-state index contributed by atoms with van der Waals surface area (Å²) in [6.45, 7) is 4.19. The van der Waals surface area contributed by atoms with E-state index in [1.807, 2.05) is 0 Å². The summed E-state index contributed by atoms with van der Waals surface area (Å²) >= 11 is 5.30. The molecule has 1 aliphatic heterocycles. The fourth-order valence-electron chi connectivity index (χ4n) is 2.53. The summed E-state index contributed by atoms with van der Waals surface area (Å²) in [6.07, 6.45) is 3.08. The first-order chi connectivity index (χ1) is 6.50. The average molecular weight is 212 g/mol. The Kier molecular flexibility index (Phi) is 2.07. The largest absolute Gasteiger partial charge is 0.332 e. The molecule has 1 spiro atoms. The first kappa shape index (κ1) is 9.90. The highest BCUT2D eigenvalue weighted by Gasteiger charge is 2.58. The van der Waals surface area contributed by atoms with Gasteiger partial charge in [-0.25, -0.2) is 0 Å². The lowest BCUT2D eigenvalue weighted by atomic mass is 9.75. The van der Waals surface area contributed by atoms with Crippen molar-refractivity contribution in [3.63, 3.8) is 0 Å². The van der Waals surface area contributed by atoms with Crippen molar-refractivity contribution in [2.24, 2.45) is 0 Å². The Morgan fingerprint density at radius 2 is 2.00 bits per heavy atom. The molecule has 2 aliphatic rings. The molecule has 1 amide bonds. The minimum Gasteiger partial charge on any atom is -0.332 e. The van der Waals surface area contributed by atoms with Crippen molar-refractivity contribution in [2.45, 2.75) is 44.7 Å². The molecule has 1 saturated heterocycles. The standard InChI is InChI=1S/C10H16N2OS/c1-7(2)12-9(14)11(3)8(13)10(12)5-4-6-10/h7H,4-6H2,1-3H3. The molecule has 0 unspecified atom stereocenters. The zero-order chi connectivity index (χ0) is 10.5. The van der Waals surface area contributed by atoms with Crippen LogP contribution in [0.15, 0.2) is 0 Å². The average Bonchev–Trinajstić information content (AvgIpc) is 2.25. The Morgan fingerprint density at radius 3 is 2.29 bits per heavy atom. The van der Waals surface area contributed by atoms with E-state index in [0.717, 1.165) is 19.3 Å². The predicted octanol–water partition coefficient (Wildman–Crippen LogP) is 1.38. The summed E-state index contributed by atoms with van der Waals surface area (Å²) in [5, 5.41) is 0.699. The predicted molar refractivity (Wildman–Crippen MR) is 58.9 cm³/mol. The van der Waals surface area contributed by atoms with Crippen molar-refractivity contribution in [1.29, 1.82) is 0 Å². The van der Waals surface area contributed by atoms with Crippen LogP contribution in [0, 0.1) is 0 Å². The third kappa shape index (κ3) is 0.975. The quantitative estimate of drug-likeness (QED) is 0.613. The first-order valence-corrected chi connectivity index (χ1v) is 5.53. The van der Waals surface area contributed by atoms with E-state index in [9.17, 15) is 4.79 Å². The van der Waals surface area contributed by atoms with Gasteiger partial charge in [-0.05, 0) is 45.3 Å². The number of carbonyl (C=O) groups is 1. The first-order valence-electron chi connectivity index (χ1n) is 5.12. The van der Waals surface area contributed by atoms with Crippen molar-refractivity contribution in [2.75, 3.05) is 7.05 Å². The second kappa shape index (κ2) is 2.92. The molecule has 1 saturated carbocycles. The summed E-state index contributed by atoms with van der Waals surface area (Å²) in [7, 11) is 1.78. The molecule has 0 aromatic heterocycles. The highest BCUT2D eigenvalue weighted by Crippen LogP contribution is 2.44. The highest BCUT2D eigenvalue weighted by molar-refractivity contribution is 7.80. The van der Waals surface area contributed by atoms with Gasteiger partial charge in [0.15, 0.2) is 5.11 Å². The smallest absolute Gasteiger partial charge is 0.254 e. The summed E-state index contributed by atoms with van der Waals surface area (Å²) in [4.78, 5) is 15.8. The fourth-order valence-corrected chi connectivity index (χ4v) is 3.00. The molecule has 2 rings (SSSR count).